The van der Waals surface area contributed by atoms with Crippen molar-refractivity contribution in [2.24, 2.45) is 7.05 Å². The lowest BCUT2D eigenvalue weighted by molar-refractivity contribution is 0.0526. The number of benzene rings is 2. The molecule has 0 saturated heterocycles. The van der Waals surface area contributed by atoms with Crippen molar-refractivity contribution in [3.8, 4) is 5.75 Å². The van der Waals surface area contributed by atoms with E-state index in [-0.39, 0.29) is 5.97 Å². The van der Waals surface area contributed by atoms with Gasteiger partial charge >= 0.3 is 5.97 Å². The molecule has 0 aliphatic carbocycles. The molecule has 0 atom stereocenters. The normalized spacial score (nSPS) is 11.0. The fourth-order valence-corrected chi connectivity index (χ4v) is 2.76. The zero-order chi connectivity index (χ0) is 15.0. The van der Waals surface area contributed by atoms with Crippen molar-refractivity contribution >= 4 is 27.8 Å². The summed E-state index contributed by atoms with van der Waals surface area (Å²) in [7, 11) is 3.61. The Bertz CT molecular complexity index is 833. The van der Waals surface area contributed by atoms with Gasteiger partial charge in [0.25, 0.3) is 0 Å². The van der Waals surface area contributed by atoms with Crippen LogP contribution in [0.25, 0.3) is 21.8 Å². The highest BCUT2D eigenvalue weighted by Gasteiger charge is 2.17. The quantitative estimate of drug-likeness (QED) is 0.691. The van der Waals surface area contributed by atoms with E-state index in [1.165, 1.54) is 0 Å². The molecule has 3 rings (SSSR count). The van der Waals surface area contributed by atoms with E-state index in [4.69, 9.17) is 9.47 Å². The highest BCUT2D eigenvalue weighted by molar-refractivity contribution is 6.12. The van der Waals surface area contributed by atoms with Crippen LogP contribution in [0, 0.1) is 0 Å². The van der Waals surface area contributed by atoms with Crippen molar-refractivity contribution in [1.82, 2.24) is 4.57 Å². The molecule has 0 amide bonds. The fraction of sp³-hybridized carbons (Fsp3) is 0.235. The largest absolute Gasteiger partial charge is 0.495 e. The van der Waals surface area contributed by atoms with Crippen molar-refractivity contribution < 1.29 is 14.3 Å². The fourth-order valence-electron chi connectivity index (χ4n) is 2.76. The van der Waals surface area contributed by atoms with E-state index in [0.717, 1.165) is 21.8 Å². The summed E-state index contributed by atoms with van der Waals surface area (Å²) in [5.74, 6) is 0.347. The molecule has 0 N–H and O–H groups in total. The van der Waals surface area contributed by atoms with Gasteiger partial charge in [-0.1, -0.05) is 18.2 Å². The standard InChI is InChI=1S/C17H17NO3/c1-4-21-17(19)11-9-13-12-7-5-6-8-14(12)18(2)16(13)15(10-11)20-3/h5-10H,4H2,1-3H3. The molecule has 0 aliphatic rings. The van der Waals surface area contributed by atoms with E-state index in [2.05, 4.69) is 10.6 Å². The Labute approximate surface area is 122 Å². The molecule has 0 spiro atoms. The van der Waals surface area contributed by atoms with Crippen molar-refractivity contribution in [2.45, 2.75) is 6.92 Å². The Morgan fingerprint density at radius 3 is 2.67 bits per heavy atom. The Morgan fingerprint density at radius 2 is 1.95 bits per heavy atom. The molecular formula is C17H17NO3. The molecule has 0 aliphatic heterocycles. The zero-order valence-corrected chi connectivity index (χ0v) is 12.3. The van der Waals surface area contributed by atoms with Crippen LogP contribution in [-0.2, 0) is 11.8 Å². The van der Waals surface area contributed by atoms with Gasteiger partial charge in [0, 0.05) is 23.3 Å². The second-order valence-electron chi connectivity index (χ2n) is 4.87. The van der Waals surface area contributed by atoms with Crippen LogP contribution < -0.4 is 4.74 Å². The number of rotatable bonds is 3. The maximum absolute atomic E-state index is 12.0. The number of carbonyl (C=O) groups is 1. The van der Waals surface area contributed by atoms with Gasteiger partial charge in [0.1, 0.15) is 5.75 Å². The summed E-state index contributed by atoms with van der Waals surface area (Å²) in [6.07, 6.45) is 0. The Balaban J connectivity index is 2.37. The summed E-state index contributed by atoms with van der Waals surface area (Å²) in [6.45, 7) is 2.15. The summed E-state index contributed by atoms with van der Waals surface area (Å²) < 4.78 is 12.7. The van der Waals surface area contributed by atoms with Crippen LogP contribution in [0.5, 0.6) is 5.75 Å². The van der Waals surface area contributed by atoms with Crippen LogP contribution in [0.15, 0.2) is 36.4 Å². The second-order valence-corrected chi connectivity index (χ2v) is 4.87. The first-order valence-electron chi connectivity index (χ1n) is 6.89. The number of esters is 1. The zero-order valence-electron chi connectivity index (χ0n) is 12.3. The van der Waals surface area contributed by atoms with E-state index < -0.39 is 0 Å². The lowest BCUT2D eigenvalue weighted by atomic mass is 10.1. The summed E-state index contributed by atoms with van der Waals surface area (Å²) in [6, 6.07) is 11.7. The van der Waals surface area contributed by atoms with E-state index in [1.807, 2.05) is 31.3 Å². The van der Waals surface area contributed by atoms with E-state index in [0.29, 0.717) is 17.9 Å². The summed E-state index contributed by atoms with van der Waals surface area (Å²) >= 11 is 0. The molecule has 0 fully saturated rings. The third-order valence-corrected chi connectivity index (χ3v) is 3.70. The lowest BCUT2D eigenvalue weighted by Gasteiger charge is -2.08. The van der Waals surface area contributed by atoms with Crippen LogP contribution >= 0.6 is 0 Å². The first-order valence-corrected chi connectivity index (χ1v) is 6.89. The van der Waals surface area contributed by atoms with Crippen molar-refractivity contribution in [2.75, 3.05) is 13.7 Å². The number of hydrogen-bond acceptors (Lipinski definition) is 3. The molecule has 0 bridgehead atoms. The minimum Gasteiger partial charge on any atom is -0.495 e. The number of methoxy groups -OCH3 is 1. The number of hydrogen-bond donors (Lipinski definition) is 0. The number of ether oxygens (including phenoxy) is 2. The molecule has 1 aromatic heterocycles. The van der Waals surface area contributed by atoms with Crippen LogP contribution in [0.2, 0.25) is 0 Å². The number of aryl methyl sites for hydroxylation is 1. The summed E-state index contributed by atoms with van der Waals surface area (Å²) in [5, 5.41) is 2.09. The Morgan fingerprint density at radius 1 is 1.19 bits per heavy atom. The van der Waals surface area contributed by atoms with Crippen LogP contribution in [0.4, 0.5) is 0 Å². The molecule has 3 aromatic rings. The topological polar surface area (TPSA) is 40.5 Å². The van der Waals surface area contributed by atoms with Crippen molar-refractivity contribution in [1.29, 1.82) is 0 Å². The second kappa shape index (κ2) is 5.13. The summed E-state index contributed by atoms with van der Waals surface area (Å²) in [4.78, 5) is 12.0. The van der Waals surface area contributed by atoms with Gasteiger partial charge in [-0.3, -0.25) is 0 Å². The van der Waals surface area contributed by atoms with Crippen LogP contribution in [0.3, 0.4) is 0 Å². The predicted molar refractivity (Wildman–Crippen MR) is 82.9 cm³/mol. The van der Waals surface area contributed by atoms with Gasteiger partial charge in [-0.05, 0) is 25.1 Å². The SMILES string of the molecule is CCOC(=O)c1cc(OC)c2c(c1)c1ccccc1n2C. The van der Waals surface area contributed by atoms with E-state index in [9.17, 15) is 4.79 Å². The Kier molecular flexibility index (Phi) is 3.29. The molecule has 108 valence electrons. The molecule has 4 heteroatoms. The van der Waals surface area contributed by atoms with Crippen molar-refractivity contribution in [3.05, 3.63) is 42.0 Å². The van der Waals surface area contributed by atoms with Crippen LogP contribution in [-0.4, -0.2) is 24.3 Å². The van der Waals surface area contributed by atoms with Crippen LogP contribution in [0.1, 0.15) is 17.3 Å². The third kappa shape index (κ3) is 2.03. The average Bonchev–Trinajstić information content (AvgIpc) is 2.80. The molecule has 1 heterocycles. The van der Waals surface area contributed by atoms with Gasteiger partial charge in [0.2, 0.25) is 0 Å². The van der Waals surface area contributed by atoms with E-state index >= 15 is 0 Å². The minimum absolute atomic E-state index is 0.328. The minimum atomic E-state index is -0.328. The third-order valence-electron chi connectivity index (χ3n) is 3.70. The molecule has 0 unspecified atom stereocenters. The number of carbonyl (C=O) groups excluding carboxylic acids is 1. The van der Waals surface area contributed by atoms with Gasteiger partial charge in [0.15, 0.2) is 0 Å². The molecule has 21 heavy (non-hydrogen) atoms. The average molecular weight is 283 g/mol. The molecule has 4 nitrogen and oxygen atoms in total. The molecular weight excluding hydrogens is 266 g/mol. The summed E-state index contributed by atoms with van der Waals surface area (Å²) in [5.41, 5.74) is 2.59. The monoisotopic (exact) mass is 283 g/mol. The maximum Gasteiger partial charge on any atom is 0.338 e. The lowest BCUT2D eigenvalue weighted by Crippen LogP contribution is -2.05. The van der Waals surface area contributed by atoms with Gasteiger partial charge in [-0.2, -0.15) is 0 Å². The molecule has 0 saturated carbocycles. The highest BCUT2D eigenvalue weighted by Crippen LogP contribution is 2.35. The van der Waals surface area contributed by atoms with Gasteiger partial charge in [-0.15, -0.1) is 0 Å². The van der Waals surface area contributed by atoms with Crippen molar-refractivity contribution in [3.63, 3.8) is 0 Å². The predicted octanol–water partition coefficient (Wildman–Crippen LogP) is 3.52. The van der Waals surface area contributed by atoms with Gasteiger partial charge < -0.3 is 14.0 Å². The number of nitrogens with zero attached hydrogens (tertiary/aromatic N) is 1. The Hall–Kier alpha value is -2.49. The number of para-hydroxylation sites is 1. The van der Waals surface area contributed by atoms with Gasteiger partial charge in [0.05, 0.1) is 24.8 Å². The molecule has 0 radical (unpaired) electrons. The van der Waals surface area contributed by atoms with E-state index in [1.54, 1.807) is 20.1 Å². The highest BCUT2D eigenvalue weighted by atomic mass is 16.5. The van der Waals surface area contributed by atoms with Gasteiger partial charge in [-0.25, -0.2) is 4.79 Å². The smallest absolute Gasteiger partial charge is 0.338 e. The first-order chi connectivity index (χ1) is 10.2. The molecule has 2 aromatic carbocycles. The first kappa shape index (κ1) is 13.5. The number of aromatic nitrogens is 1. The number of fused-ring (bicyclic) bond motifs is 3. The maximum atomic E-state index is 12.0.